The number of ether oxygens (including phenoxy) is 1. The number of nitrogens with zero attached hydrogens (tertiary/aromatic N) is 5. The first-order chi connectivity index (χ1) is 11.7. The SMILES string of the molecule is COc1ccc(-c2nn3c(-c4nc(C(C)C)cs4)nnc3s2)cc1. The minimum absolute atomic E-state index is 0.392. The van der Waals surface area contributed by atoms with Crippen molar-refractivity contribution in [1.29, 1.82) is 0 Å². The van der Waals surface area contributed by atoms with Crippen LogP contribution in [0.2, 0.25) is 0 Å². The fourth-order valence-corrected chi connectivity index (χ4v) is 4.05. The Balaban J connectivity index is 1.74. The Morgan fingerprint density at radius 2 is 1.88 bits per heavy atom. The van der Waals surface area contributed by atoms with E-state index in [1.165, 1.54) is 11.3 Å². The lowest BCUT2D eigenvalue weighted by atomic mass is 10.2. The summed E-state index contributed by atoms with van der Waals surface area (Å²) in [5.74, 6) is 1.91. The number of aromatic nitrogens is 5. The van der Waals surface area contributed by atoms with Gasteiger partial charge in [-0.2, -0.15) is 9.61 Å². The van der Waals surface area contributed by atoms with Crippen LogP contribution < -0.4 is 4.74 Å². The lowest BCUT2D eigenvalue weighted by Gasteiger charge is -1.99. The highest BCUT2D eigenvalue weighted by atomic mass is 32.1. The lowest BCUT2D eigenvalue weighted by Crippen LogP contribution is -1.92. The van der Waals surface area contributed by atoms with Crippen molar-refractivity contribution in [2.45, 2.75) is 19.8 Å². The van der Waals surface area contributed by atoms with E-state index < -0.39 is 0 Å². The van der Waals surface area contributed by atoms with Gasteiger partial charge in [-0.1, -0.05) is 25.2 Å². The van der Waals surface area contributed by atoms with Crippen molar-refractivity contribution in [3.05, 3.63) is 35.3 Å². The summed E-state index contributed by atoms with van der Waals surface area (Å²) >= 11 is 3.08. The maximum Gasteiger partial charge on any atom is 0.235 e. The van der Waals surface area contributed by atoms with Crippen LogP contribution in [-0.2, 0) is 0 Å². The highest BCUT2D eigenvalue weighted by Gasteiger charge is 2.17. The highest BCUT2D eigenvalue weighted by molar-refractivity contribution is 7.19. The van der Waals surface area contributed by atoms with Gasteiger partial charge in [-0.25, -0.2) is 4.98 Å². The van der Waals surface area contributed by atoms with E-state index in [1.807, 2.05) is 24.3 Å². The van der Waals surface area contributed by atoms with Crippen LogP contribution in [0.5, 0.6) is 5.75 Å². The average molecular weight is 357 g/mol. The Bertz CT molecular complexity index is 984. The standard InChI is InChI=1S/C16H15N5OS2/c1-9(2)12-8-23-15(17-12)13-18-19-16-21(13)20-14(24-16)10-4-6-11(22-3)7-5-10/h4-9H,1-3H3. The second kappa shape index (κ2) is 5.95. The molecular formula is C16H15N5OS2. The molecule has 0 saturated heterocycles. The van der Waals surface area contributed by atoms with Crippen LogP contribution in [0.25, 0.3) is 26.4 Å². The fourth-order valence-electron chi connectivity index (χ4n) is 2.25. The lowest BCUT2D eigenvalue weighted by molar-refractivity contribution is 0.415. The molecule has 0 radical (unpaired) electrons. The summed E-state index contributed by atoms with van der Waals surface area (Å²) in [4.78, 5) is 5.41. The third kappa shape index (κ3) is 2.57. The molecule has 0 bridgehead atoms. The largest absolute Gasteiger partial charge is 0.497 e. The summed E-state index contributed by atoms with van der Waals surface area (Å²) < 4.78 is 6.97. The van der Waals surface area contributed by atoms with Crippen LogP contribution >= 0.6 is 22.7 Å². The normalized spacial score (nSPS) is 11.5. The van der Waals surface area contributed by atoms with E-state index in [-0.39, 0.29) is 0 Å². The number of methoxy groups -OCH3 is 1. The molecule has 0 amide bonds. The van der Waals surface area contributed by atoms with Gasteiger partial charge in [-0.05, 0) is 30.2 Å². The Kier molecular flexibility index (Phi) is 3.78. The van der Waals surface area contributed by atoms with Crippen LogP contribution in [0, 0.1) is 0 Å². The van der Waals surface area contributed by atoms with E-state index >= 15 is 0 Å². The minimum Gasteiger partial charge on any atom is -0.497 e. The zero-order valence-electron chi connectivity index (χ0n) is 13.4. The molecule has 3 aromatic heterocycles. The van der Waals surface area contributed by atoms with E-state index in [1.54, 1.807) is 23.0 Å². The third-order valence-corrected chi connectivity index (χ3v) is 5.44. The quantitative estimate of drug-likeness (QED) is 0.550. The van der Waals surface area contributed by atoms with Crippen LogP contribution in [0.1, 0.15) is 25.5 Å². The molecule has 0 spiro atoms. The summed E-state index contributed by atoms with van der Waals surface area (Å²) in [7, 11) is 1.66. The van der Waals surface area contributed by atoms with E-state index in [9.17, 15) is 0 Å². The van der Waals surface area contributed by atoms with Crippen molar-refractivity contribution in [3.8, 4) is 27.2 Å². The Morgan fingerprint density at radius 1 is 1.08 bits per heavy atom. The van der Waals surface area contributed by atoms with E-state index in [4.69, 9.17) is 4.74 Å². The predicted octanol–water partition coefficient (Wildman–Crippen LogP) is 4.11. The summed E-state index contributed by atoms with van der Waals surface area (Å²) in [6, 6.07) is 7.83. The molecule has 3 heterocycles. The molecule has 24 heavy (non-hydrogen) atoms. The van der Waals surface area contributed by atoms with Gasteiger partial charge in [0, 0.05) is 10.9 Å². The van der Waals surface area contributed by atoms with Gasteiger partial charge < -0.3 is 4.74 Å². The van der Waals surface area contributed by atoms with Crippen molar-refractivity contribution in [3.63, 3.8) is 0 Å². The molecule has 122 valence electrons. The maximum atomic E-state index is 5.20. The van der Waals surface area contributed by atoms with Gasteiger partial charge in [0.05, 0.1) is 12.8 Å². The number of benzene rings is 1. The minimum atomic E-state index is 0.392. The molecule has 8 heteroatoms. The monoisotopic (exact) mass is 357 g/mol. The van der Waals surface area contributed by atoms with Crippen LogP contribution in [0.15, 0.2) is 29.6 Å². The maximum absolute atomic E-state index is 5.20. The highest BCUT2D eigenvalue weighted by Crippen LogP contribution is 2.30. The van der Waals surface area contributed by atoms with E-state index in [0.717, 1.165) is 32.0 Å². The first kappa shape index (κ1) is 15.2. The van der Waals surface area contributed by atoms with Crippen LogP contribution in [-0.4, -0.2) is 31.9 Å². The van der Waals surface area contributed by atoms with Crippen molar-refractivity contribution >= 4 is 27.6 Å². The Morgan fingerprint density at radius 3 is 2.54 bits per heavy atom. The zero-order valence-corrected chi connectivity index (χ0v) is 15.1. The number of thiazole rings is 1. The predicted molar refractivity (Wildman–Crippen MR) is 95.8 cm³/mol. The topological polar surface area (TPSA) is 65.2 Å². The fraction of sp³-hybridized carbons (Fsp3) is 0.250. The molecule has 4 aromatic rings. The van der Waals surface area contributed by atoms with Crippen molar-refractivity contribution in [2.75, 3.05) is 7.11 Å². The van der Waals surface area contributed by atoms with Gasteiger partial charge in [-0.3, -0.25) is 0 Å². The molecule has 4 rings (SSSR count). The van der Waals surface area contributed by atoms with Crippen molar-refractivity contribution in [2.24, 2.45) is 0 Å². The summed E-state index contributed by atoms with van der Waals surface area (Å²) in [6.07, 6.45) is 0. The van der Waals surface area contributed by atoms with Crippen LogP contribution in [0.4, 0.5) is 0 Å². The van der Waals surface area contributed by atoms with Crippen molar-refractivity contribution < 1.29 is 4.74 Å². The van der Waals surface area contributed by atoms with Gasteiger partial charge in [0.1, 0.15) is 10.8 Å². The number of hydrogen-bond donors (Lipinski definition) is 0. The van der Waals surface area contributed by atoms with Gasteiger partial charge >= 0.3 is 0 Å². The summed E-state index contributed by atoms with van der Waals surface area (Å²) in [5, 5.41) is 17.0. The molecule has 0 aliphatic rings. The van der Waals surface area contributed by atoms with Gasteiger partial charge in [-0.15, -0.1) is 21.5 Å². The number of hydrogen-bond acceptors (Lipinski definition) is 7. The second-order valence-electron chi connectivity index (χ2n) is 5.59. The van der Waals surface area contributed by atoms with Gasteiger partial charge in [0.15, 0.2) is 5.01 Å². The molecule has 0 fully saturated rings. The molecular weight excluding hydrogens is 342 g/mol. The van der Waals surface area contributed by atoms with Gasteiger partial charge in [0.2, 0.25) is 10.8 Å². The van der Waals surface area contributed by atoms with Gasteiger partial charge in [0.25, 0.3) is 0 Å². The molecule has 0 atom stereocenters. The Labute approximate surface area is 146 Å². The smallest absolute Gasteiger partial charge is 0.235 e. The van der Waals surface area contributed by atoms with Crippen LogP contribution in [0.3, 0.4) is 0 Å². The molecule has 0 aliphatic heterocycles. The van der Waals surface area contributed by atoms with E-state index in [0.29, 0.717) is 11.7 Å². The van der Waals surface area contributed by atoms with E-state index in [2.05, 4.69) is 39.5 Å². The number of rotatable bonds is 4. The molecule has 0 unspecified atom stereocenters. The first-order valence-corrected chi connectivity index (χ1v) is 9.18. The first-order valence-electron chi connectivity index (χ1n) is 7.48. The summed E-state index contributed by atoms with van der Waals surface area (Å²) in [5.41, 5.74) is 2.09. The molecule has 0 saturated carbocycles. The molecule has 0 aliphatic carbocycles. The molecule has 0 N–H and O–H groups in total. The Hall–Kier alpha value is -2.32. The third-order valence-electron chi connectivity index (χ3n) is 3.63. The average Bonchev–Trinajstić information content (AvgIpc) is 3.29. The molecule has 1 aromatic carbocycles. The second-order valence-corrected chi connectivity index (χ2v) is 7.40. The zero-order chi connectivity index (χ0) is 16.7. The van der Waals surface area contributed by atoms with Crippen molar-refractivity contribution in [1.82, 2.24) is 24.8 Å². The summed E-state index contributed by atoms with van der Waals surface area (Å²) in [6.45, 7) is 4.26. The number of fused-ring (bicyclic) bond motifs is 1. The molecule has 6 nitrogen and oxygen atoms in total.